The van der Waals surface area contributed by atoms with Crippen molar-refractivity contribution in [2.75, 3.05) is 11.4 Å². The molecular formula is C12H12F3NO2. The molecule has 0 bridgehead atoms. The summed E-state index contributed by atoms with van der Waals surface area (Å²) in [5.41, 5.74) is -0.757. The summed E-state index contributed by atoms with van der Waals surface area (Å²) in [6, 6.07) is 2.81. The highest BCUT2D eigenvalue weighted by Gasteiger charge is 2.34. The van der Waals surface area contributed by atoms with Crippen LogP contribution in [0.5, 0.6) is 0 Å². The minimum atomic E-state index is -4.46. The Hall–Kier alpha value is -1.72. The van der Waals surface area contributed by atoms with E-state index in [2.05, 4.69) is 0 Å². The largest absolute Gasteiger partial charge is 0.478 e. The van der Waals surface area contributed by atoms with Crippen LogP contribution in [0.25, 0.3) is 0 Å². The number of benzene rings is 1. The first-order chi connectivity index (χ1) is 8.30. The topological polar surface area (TPSA) is 40.5 Å². The molecule has 1 aromatic rings. The zero-order chi connectivity index (χ0) is 13.5. The second-order valence-corrected chi connectivity index (χ2v) is 4.37. The summed E-state index contributed by atoms with van der Waals surface area (Å²) in [5.74, 6) is -1.21. The number of nitrogens with zero attached hydrogens (tertiary/aromatic N) is 1. The SMILES string of the molecule is CC1CCN1c1cc(C(F)(F)F)ccc1C(=O)O. The van der Waals surface area contributed by atoms with Crippen LogP contribution in [-0.4, -0.2) is 23.7 Å². The Morgan fingerprint density at radius 2 is 2.11 bits per heavy atom. The van der Waals surface area contributed by atoms with E-state index in [1.54, 1.807) is 4.90 Å². The van der Waals surface area contributed by atoms with E-state index >= 15 is 0 Å². The number of anilines is 1. The lowest BCUT2D eigenvalue weighted by atomic mass is 9.99. The van der Waals surface area contributed by atoms with Gasteiger partial charge in [0.15, 0.2) is 0 Å². The van der Waals surface area contributed by atoms with Gasteiger partial charge in [0.05, 0.1) is 16.8 Å². The van der Waals surface area contributed by atoms with E-state index in [0.29, 0.717) is 6.54 Å². The highest BCUT2D eigenvalue weighted by molar-refractivity contribution is 5.95. The van der Waals surface area contributed by atoms with E-state index in [-0.39, 0.29) is 17.3 Å². The number of aromatic carboxylic acids is 1. The first kappa shape index (κ1) is 12.7. The number of hydrogen-bond acceptors (Lipinski definition) is 2. The van der Waals surface area contributed by atoms with Crippen LogP contribution < -0.4 is 4.90 Å². The summed E-state index contributed by atoms with van der Waals surface area (Å²) in [7, 11) is 0. The standard InChI is InChI=1S/C12H12F3NO2/c1-7-4-5-16(7)10-6-8(12(13,14)15)2-3-9(10)11(17)18/h2-3,6-7H,4-5H2,1H3,(H,17,18). The van der Waals surface area contributed by atoms with Gasteiger partial charge in [-0.2, -0.15) is 13.2 Å². The fraction of sp³-hybridized carbons (Fsp3) is 0.417. The van der Waals surface area contributed by atoms with Gasteiger partial charge in [-0.25, -0.2) is 4.79 Å². The maximum atomic E-state index is 12.6. The molecule has 98 valence electrons. The van der Waals surface area contributed by atoms with Crippen LogP contribution in [0.1, 0.15) is 29.3 Å². The van der Waals surface area contributed by atoms with Gasteiger partial charge in [-0.15, -0.1) is 0 Å². The van der Waals surface area contributed by atoms with Gasteiger partial charge >= 0.3 is 12.1 Å². The predicted molar refractivity (Wildman–Crippen MR) is 59.8 cm³/mol. The molecule has 0 saturated carbocycles. The molecule has 0 aliphatic carbocycles. The third-order valence-corrected chi connectivity index (χ3v) is 3.18. The molecule has 1 fully saturated rings. The van der Waals surface area contributed by atoms with Crippen LogP contribution in [0, 0.1) is 0 Å². The molecule has 3 nitrogen and oxygen atoms in total. The maximum Gasteiger partial charge on any atom is 0.416 e. The molecule has 1 aromatic carbocycles. The molecule has 2 rings (SSSR count). The van der Waals surface area contributed by atoms with Gasteiger partial charge in [-0.1, -0.05) is 0 Å². The molecule has 1 unspecified atom stereocenters. The van der Waals surface area contributed by atoms with Gasteiger partial charge in [0.2, 0.25) is 0 Å². The lowest BCUT2D eigenvalue weighted by Crippen LogP contribution is -2.46. The molecule has 0 spiro atoms. The Bertz CT molecular complexity index is 485. The lowest BCUT2D eigenvalue weighted by molar-refractivity contribution is -0.137. The van der Waals surface area contributed by atoms with Crippen molar-refractivity contribution in [2.24, 2.45) is 0 Å². The monoisotopic (exact) mass is 259 g/mol. The van der Waals surface area contributed by atoms with E-state index < -0.39 is 17.7 Å². The Morgan fingerprint density at radius 1 is 1.44 bits per heavy atom. The second-order valence-electron chi connectivity index (χ2n) is 4.37. The van der Waals surface area contributed by atoms with Gasteiger partial charge in [-0.3, -0.25) is 0 Å². The van der Waals surface area contributed by atoms with Crippen molar-refractivity contribution >= 4 is 11.7 Å². The molecule has 1 aliphatic rings. The van der Waals surface area contributed by atoms with Crippen LogP contribution in [-0.2, 0) is 6.18 Å². The van der Waals surface area contributed by atoms with Crippen molar-refractivity contribution in [3.63, 3.8) is 0 Å². The number of hydrogen-bond donors (Lipinski definition) is 1. The van der Waals surface area contributed by atoms with E-state index in [1.807, 2.05) is 6.92 Å². The molecule has 1 atom stereocenters. The molecule has 1 saturated heterocycles. The highest BCUT2D eigenvalue weighted by Crippen LogP contribution is 2.36. The summed E-state index contributed by atoms with van der Waals surface area (Å²) < 4.78 is 37.9. The van der Waals surface area contributed by atoms with E-state index in [4.69, 9.17) is 5.11 Å². The highest BCUT2D eigenvalue weighted by atomic mass is 19.4. The lowest BCUT2D eigenvalue weighted by Gasteiger charge is -2.41. The Balaban J connectivity index is 2.48. The van der Waals surface area contributed by atoms with Gasteiger partial charge in [-0.05, 0) is 31.5 Å². The Kier molecular flexibility index (Phi) is 2.96. The van der Waals surface area contributed by atoms with Crippen molar-refractivity contribution in [3.05, 3.63) is 29.3 Å². The fourth-order valence-electron chi connectivity index (χ4n) is 2.00. The van der Waals surface area contributed by atoms with E-state index in [9.17, 15) is 18.0 Å². The quantitative estimate of drug-likeness (QED) is 0.887. The zero-order valence-electron chi connectivity index (χ0n) is 9.66. The zero-order valence-corrected chi connectivity index (χ0v) is 9.66. The molecule has 6 heteroatoms. The molecule has 0 amide bonds. The Morgan fingerprint density at radius 3 is 2.50 bits per heavy atom. The van der Waals surface area contributed by atoms with Crippen LogP contribution in [0.2, 0.25) is 0 Å². The Labute approximate surface area is 102 Å². The smallest absolute Gasteiger partial charge is 0.416 e. The van der Waals surface area contributed by atoms with E-state index in [1.165, 1.54) is 0 Å². The van der Waals surface area contributed by atoms with Crippen molar-refractivity contribution in [1.82, 2.24) is 0 Å². The average Bonchev–Trinajstić information content (AvgIpc) is 2.25. The van der Waals surface area contributed by atoms with Crippen LogP contribution >= 0.6 is 0 Å². The molecule has 1 heterocycles. The van der Waals surface area contributed by atoms with Gasteiger partial charge in [0, 0.05) is 12.6 Å². The number of alkyl halides is 3. The number of carboxylic acids is 1. The third-order valence-electron chi connectivity index (χ3n) is 3.18. The minimum absolute atomic E-state index is 0.0755. The minimum Gasteiger partial charge on any atom is -0.478 e. The van der Waals surface area contributed by atoms with Crippen molar-refractivity contribution in [3.8, 4) is 0 Å². The number of carbonyl (C=O) groups is 1. The van der Waals surface area contributed by atoms with Crippen LogP contribution in [0.4, 0.5) is 18.9 Å². The van der Waals surface area contributed by atoms with Crippen molar-refractivity contribution in [2.45, 2.75) is 25.6 Å². The first-order valence-electron chi connectivity index (χ1n) is 5.52. The molecule has 1 aliphatic heterocycles. The summed E-state index contributed by atoms with van der Waals surface area (Å²) in [4.78, 5) is 12.7. The summed E-state index contributed by atoms with van der Waals surface area (Å²) in [6.45, 7) is 2.44. The maximum absolute atomic E-state index is 12.6. The van der Waals surface area contributed by atoms with Crippen molar-refractivity contribution < 1.29 is 23.1 Å². The average molecular weight is 259 g/mol. The summed E-state index contributed by atoms with van der Waals surface area (Å²) in [5, 5.41) is 9.01. The number of halogens is 3. The number of carboxylic acid groups (broad SMARTS) is 1. The molecule has 1 N–H and O–H groups in total. The van der Waals surface area contributed by atoms with Gasteiger partial charge in [0.1, 0.15) is 0 Å². The molecular weight excluding hydrogens is 247 g/mol. The van der Waals surface area contributed by atoms with Crippen LogP contribution in [0.15, 0.2) is 18.2 Å². The van der Waals surface area contributed by atoms with Gasteiger partial charge in [0.25, 0.3) is 0 Å². The molecule has 0 radical (unpaired) electrons. The van der Waals surface area contributed by atoms with Gasteiger partial charge < -0.3 is 10.0 Å². The van der Waals surface area contributed by atoms with E-state index in [0.717, 1.165) is 24.6 Å². The first-order valence-corrected chi connectivity index (χ1v) is 5.52. The predicted octanol–water partition coefficient (Wildman–Crippen LogP) is 3.00. The molecule has 18 heavy (non-hydrogen) atoms. The summed E-state index contributed by atoms with van der Waals surface area (Å²) in [6.07, 6.45) is -3.60. The number of rotatable bonds is 2. The second kappa shape index (κ2) is 4.19. The van der Waals surface area contributed by atoms with Crippen molar-refractivity contribution in [1.29, 1.82) is 0 Å². The molecule has 0 aromatic heterocycles. The normalized spacial score (nSPS) is 19.6. The third kappa shape index (κ3) is 2.14. The fourth-order valence-corrected chi connectivity index (χ4v) is 2.00. The van der Waals surface area contributed by atoms with Crippen LogP contribution in [0.3, 0.4) is 0 Å². The summed E-state index contributed by atoms with van der Waals surface area (Å²) >= 11 is 0.